The van der Waals surface area contributed by atoms with Gasteiger partial charge in [-0.25, -0.2) is 0 Å². The first-order valence-corrected chi connectivity index (χ1v) is 18.4. The Labute approximate surface area is 262 Å². The van der Waals surface area contributed by atoms with Crippen molar-refractivity contribution in [3.05, 3.63) is 11.8 Å². The molecule has 3 fully saturated rings. The minimum Gasteiger partial charge on any atom is -0.354 e. The second-order valence-corrected chi connectivity index (χ2v) is 16.1. The summed E-state index contributed by atoms with van der Waals surface area (Å²) in [7, 11) is 0. The van der Waals surface area contributed by atoms with E-state index in [9.17, 15) is 4.79 Å². The monoisotopic (exact) mass is 583 g/mol. The van der Waals surface area contributed by atoms with Gasteiger partial charge in [0.15, 0.2) is 0 Å². The van der Waals surface area contributed by atoms with E-state index >= 15 is 0 Å². The molecule has 3 aliphatic rings. The minimum absolute atomic E-state index is 0.148. The zero-order valence-corrected chi connectivity index (χ0v) is 29.4. The quantitative estimate of drug-likeness (QED) is 0.181. The van der Waals surface area contributed by atoms with Crippen molar-refractivity contribution in [3.63, 3.8) is 0 Å². The molecule has 0 bridgehead atoms. The van der Waals surface area contributed by atoms with Gasteiger partial charge in [-0.05, 0) is 137 Å². The molecule has 242 valence electrons. The normalized spacial score (nSPS) is 34.8. The van der Waals surface area contributed by atoms with Gasteiger partial charge in [-0.1, -0.05) is 79.7 Å². The zero-order valence-electron chi connectivity index (χ0n) is 29.4. The van der Waals surface area contributed by atoms with E-state index in [1.165, 1.54) is 95.6 Å². The predicted octanol–water partition coefficient (Wildman–Crippen LogP) is 11.2. The number of hydrogen-bond donors (Lipinski definition) is 1. The average Bonchev–Trinajstić information content (AvgIpc) is 3.29. The lowest BCUT2D eigenvalue weighted by molar-refractivity contribution is -0.120. The first-order chi connectivity index (χ1) is 20.0. The number of nitrogens with one attached hydrogen (secondary N) is 1. The van der Waals surface area contributed by atoms with E-state index in [0.29, 0.717) is 22.8 Å². The molecule has 0 aromatic rings. The van der Waals surface area contributed by atoms with Gasteiger partial charge in [0.1, 0.15) is 0 Å². The third-order valence-electron chi connectivity index (χ3n) is 12.8. The summed E-state index contributed by atoms with van der Waals surface area (Å²) in [5.74, 6) is 6.16. The van der Waals surface area contributed by atoms with Crippen LogP contribution in [0.25, 0.3) is 0 Å². The van der Waals surface area contributed by atoms with Gasteiger partial charge in [-0.2, -0.15) is 0 Å². The van der Waals surface area contributed by atoms with Crippen LogP contribution in [0.1, 0.15) is 165 Å². The van der Waals surface area contributed by atoms with E-state index in [0.717, 1.165) is 48.3 Å². The van der Waals surface area contributed by atoms with Crippen LogP contribution in [0.4, 0.5) is 0 Å². The van der Waals surface area contributed by atoms with Crippen LogP contribution in [0.3, 0.4) is 0 Å². The molecule has 0 heterocycles. The molecule has 0 aliphatic heterocycles. The van der Waals surface area contributed by atoms with E-state index in [2.05, 4.69) is 64.9 Å². The molecule has 0 radical (unpaired) electrons. The van der Waals surface area contributed by atoms with E-state index in [-0.39, 0.29) is 5.91 Å². The molecule has 3 nitrogen and oxygen atoms in total. The summed E-state index contributed by atoms with van der Waals surface area (Å²) in [5.41, 5.74) is 2.12. The number of amides is 1. The number of hydrogen-bond acceptors (Lipinski definition) is 2. The lowest BCUT2D eigenvalue weighted by atomic mass is 9.47. The molecule has 3 aliphatic carbocycles. The highest BCUT2D eigenvalue weighted by atomic mass is 16.1. The van der Waals surface area contributed by atoms with Crippen LogP contribution in [-0.2, 0) is 4.79 Å². The van der Waals surface area contributed by atoms with E-state index < -0.39 is 0 Å². The number of carbonyl (C=O) groups is 1. The second kappa shape index (κ2) is 16.3. The van der Waals surface area contributed by atoms with E-state index in [1.54, 1.807) is 6.92 Å². The van der Waals surface area contributed by atoms with Crippen LogP contribution < -0.4 is 5.32 Å². The van der Waals surface area contributed by atoms with Crippen LogP contribution in [0.15, 0.2) is 16.8 Å². The number of carbonyl (C=O) groups excluding carboxylic acids is 1. The fraction of sp³-hybridized carbons (Fsp3) is 0.897. The summed E-state index contributed by atoms with van der Waals surface area (Å²) in [6.45, 7) is 20.9. The van der Waals surface area contributed by atoms with Gasteiger partial charge in [0.25, 0.3) is 0 Å². The Hall–Kier alpha value is -1.12. The molecule has 0 saturated heterocycles. The molecule has 3 saturated carbocycles. The van der Waals surface area contributed by atoms with Crippen molar-refractivity contribution in [1.29, 1.82) is 0 Å². The van der Waals surface area contributed by atoms with Crippen molar-refractivity contribution >= 4 is 12.1 Å². The standard InChI is InChI=1S/C39H70N2O/c1-10-13-18-34(41-30(7)42)26-32-25-31-22-24-39(9)36(29(6)17-14-16-28(4)5)20-21-37(39)35(31)27-38(32,8)23-15-19-33(11-2)40-12-3/h11-12,28-29,31-32,34-37H,10,13-27H2,1-9H3,(H,41,42)/b33-11-,40-12?/t29?,31?,32?,34-,35?,36+,37?,38+,39+/m0/s1. The second-order valence-electron chi connectivity index (χ2n) is 16.1. The average molecular weight is 583 g/mol. The summed E-state index contributed by atoms with van der Waals surface area (Å²) in [5, 5.41) is 3.39. The highest BCUT2D eigenvalue weighted by Gasteiger charge is 2.58. The summed E-state index contributed by atoms with van der Waals surface area (Å²) in [6.07, 6.45) is 25.3. The predicted molar refractivity (Wildman–Crippen MR) is 183 cm³/mol. The van der Waals surface area contributed by atoms with Crippen molar-refractivity contribution in [1.82, 2.24) is 5.32 Å². The van der Waals surface area contributed by atoms with Gasteiger partial charge in [-0.15, -0.1) is 0 Å². The summed E-state index contributed by atoms with van der Waals surface area (Å²) in [4.78, 5) is 16.8. The smallest absolute Gasteiger partial charge is 0.217 e. The number of allylic oxidation sites excluding steroid dienone is 2. The Balaban J connectivity index is 1.80. The first kappa shape index (κ1) is 35.4. The Morgan fingerprint density at radius 2 is 1.79 bits per heavy atom. The van der Waals surface area contributed by atoms with Gasteiger partial charge >= 0.3 is 0 Å². The van der Waals surface area contributed by atoms with Crippen LogP contribution in [0.5, 0.6) is 0 Å². The molecule has 3 rings (SSSR count). The molecular formula is C39H70N2O. The largest absolute Gasteiger partial charge is 0.354 e. The Morgan fingerprint density at radius 1 is 1.02 bits per heavy atom. The van der Waals surface area contributed by atoms with Crippen molar-refractivity contribution in [2.75, 3.05) is 0 Å². The maximum atomic E-state index is 12.2. The summed E-state index contributed by atoms with van der Waals surface area (Å²) in [6, 6.07) is 0.329. The van der Waals surface area contributed by atoms with Gasteiger partial charge in [0, 0.05) is 24.9 Å². The van der Waals surface area contributed by atoms with Crippen LogP contribution in [-0.4, -0.2) is 18.2 Å². The number of aliphatic imine (C=N–C) groups is 1. The third kappa shape index (κ3) is 8.97. The topological polar surface area (TPSA) is 41.5 Å². The van der Waals surface area contributed by atoms with Gasteiger partial charge in [-0.3, -0.25) is 9.79 Å². The van der Waals surface area contributed by atoms with Gasteiger partial charge < -0.3 is 5.32 Å². The van der Waals surface area contributed by atoms with Gasteiger partial charge in [0.2, 0.25) is 5.91 Å². The zero-order chi connectivity index (χ0) is 30.9. The fourth-order valence-electron chi connectivity index (χ4n) is 10.5. The van der Waals surface area contributed by atoms with E-state index in [1.807, 2.05) is 13.1 Å². The number of fused-ring (bicyclic) bond motifs is 3. The van der Waals surface area contributed by atoms with Crippen molar-refractivity contribution < 1.29 is 4.79 Å². The number of nitrogens with zero attached hydrogens (tertiary/aromatic N) is 1. The molecule has 0 spiro atoms. The fourth-order valence-corrected chi connectivity index (χ4v) is 10.5. The molecule has 1 amide bonds. The Morgan fingerprint density at radius 3 is 2.43 bits per heavy atom. The van der Waals surface area contributed by atoms with Crippen molar-refractivity contribution in [2.45, 2.75) is 171 Å². The highest BCUT2D eigenvalue weighted by Crippen LogP contribution is 2.66. The molecule has 9 atom stereocenters. The Bertz CT molecular complexity index is 891. The Kier molecular flexibility index (Phi) is 13.7. The summed E-state index contributed by atoms with van der Waals surface area (Å²) < 4.78 is 0. The lowest BCUT2D eigenvalue weighted by Gasteiger charge is -2.58. The third-order valence-corrected chi connectivity index (χ3v) is 12.8. The SMILES string of the molecule is CC=N/C(=C\C)CCC[C@]1(C)CC2C(CC[C@@]3(C)C2CC[C@@H]3C(C)CCCC(C)C)CC1C[C@H](CCCC)NC(C)=O. The first-order valence-electron chi connectivity index (χ1n) is 18.4. The molecule has 42 heavy (non-hydrogen) atoms. The molecule has 5 unspecified atom stereocenters. The maximum Gasteiger partial charge on any atom is 0.217 e. The molecule has 0 aromatic carbocycles. The van der Waals surface area contributed by atoms with E-state index in [4.69, 9.17) is 0 Å². The minimum atomic E-state index is 0.148. The van der Waals surface area contributed by atoms with Crippen LogP contribution >= 0.6 is 0 Å². The maximum absolute atomic E-state index is 12.2. The van der Waals surface area contributed by atoms with Crippen molar-refractivity contribution in [3.8, 4) is 0 Å². The van der Waals surface area contributed by atoms with Gasteiger partial charge in [0.05, 0.1) is 0 Å². The molecular weight excluding hydrogens is 512 g/mol. The highest BCUT2D eigenvalue weighted by molar-refractivity contribution is 5.73. The van der Waals surface area contributed by atoms with Crippen molar-refractivity contribution in [2.24, 2.45) is 57.2 Å². The number of unbranched alkanes of at least 4 members (excludes halogenated alkanes) is 1. The van der Waals surface area contributed by atoms with Crippen LogP contribution in [0, 0.1) is 52.3 Å². The lowest BCUT2D eigenvalue weighted by Crippen LogP contribution is -2.50. The molecule has 1 N–H and O–H groups in total. The molecule has 3 heteroatoms. The number of rotatable bonds is 16. The molecule has 0 aromatic heterocycles. The summed E-state index contributed by atoms with van der Waals surface area (Å²) >= 11 is 0. The van der Waals surface area contributed by atoms with Crippen LogP contribution in [0.2, 0.25) is 0 Å².